The van der Waals surface area contributed by atoms with Crippen molar-refractivity contribution in [3.63, 3.8) is 0 Å². The molecule has 3 heterocycles. The number of anilines is 2. The van der Waals surface area contributed by atoms with Crippen LogP contribution in [0.4, 0.5) is 20.4 Å². The van der Waals surface area contributed by atoms with Crippen molar-refractivity contribution in [1.29, 1.82) is 0 Å². The van der Waals surface area contributed by atoms with Crippen molar-refractivity contribution in [3.05, 3.63) is 71.7 Å². The Kier molecular flexibility index (Phi) is 5.92. The number of rotatable bonds is 5. The van der Waals surface area contributed by atoms with E-state index in [-0.39, 0.29) is 22.9 Å². The molecule has 0 bridgehead atoms. The van der Waals surface area contributed by atoms with Crippen molar-refractivity contribution < 1.29 is 13.9 Å². The third kappa shape index (κ3) is 4.36. The molecule has 3 unspecified atom stereocenters. The minimum atomic E-state index is -1.15. The van der Waals surface area contributed by atoms with Crippen LogP contribution in [0.5, 0.6) is 0 Å². The number of nitrogens with one attached hydrogen (secondary N) is 1. The number of pyridine rings is 1. The van der Waals surface area contributed by atoms with Crippen molar-refractivity contribution in [3.8, 4) is 11.3 Å². The number of benzene rings is 1. The average Bonchev–Trinajstić information content (AvgIpc) is 3.24. The third-order valence-corrected chi connectivity index (χ3v) is 7.92. The summed E-state index contributed by atoms with van der Waals surface area (Å²) in [4.78, 5) is 8.76. The first-order valence-electron chi connectivity index (χ1n) is 12.8. The van der Waals surface area contributed by atoms with Gasteiger partial charge in [-0.05, 0) is 91.8 Å². The van der Waals surface area contributed by atoms with Crippen LogP contribution in [-0.4, -0.2) is 30.7 Å². The molecule has 0 spiro atoms. The molecule has 2 aliphatic rings. The average molecular weight is 505 g/mol. The molecule has 0 amide bonds. The summed E-state index contributed by atoms with van der Waals surface area (Å²) in [6.45, 7) is 2.23. The molecule has 9 heteroatoms. The van der Waals surface area contributed by atoms with Crippen molar-refractivity contribution in [2.75, 3.05) is 5.32 Å². The zero-order chi connectivity index (χ0) is 25.7. The summed E-state index contributed by atoms with van der Waals surface area (Å²) in [7, 11) is 0. The second-order valence-electron chi connectivity index (χ2n) is 10.7. The molecule has 7 nitrogen and oxygen atoms in total. The molecule has 37 heavy (non-hydrogen) atoms. The van der Waals surface area contributed by atoms with E-state index < -0.39 is 17.2 Å². The Bertz CT molecular complexity index is 1430. The van der Waals surface area contributed by atoms with E-state index in [9.17, 15) is 5.11 Å². The van der Waals surface area contributed by atoms with E-state index in [0.29, 0.717) is 36.1 Å². The molecule has 3 aromatic heterocycles. The number of aliphatic hydroxyl groups is 1. The van der Waals surface area contributed by atoms with Gasteiger partial charge in [0.05, 0.1) is 40.5 Å². The lowest BCUT2D eigenvalue weighted by Gasteiger charge is -2.37. The fourth-order valence-corrected chi connectivity index (χ4v) is 5.89. The van der Waals surface area contributed by atoms with Crippen molar-refractivity contribution in [2.24, 2.45) is 11.7 Å². The number of halogens is 2. The highest BCUT2D eigenvalue weighted by Gasteiger charge is 2.37. The number of hydrogen-bond donors (Lipinski definition) is 3. The molecule has 4 aromatic rings. The first-order chi connectivity index (χ1) is 17.8. The number of imidazole rings is 1. The summed E-state index contributed by atoms with van der Waals surface area (Å²) >= 11 is 0. The van der Waals surface area contributed by atoms with Gasteiger partial charge in [-0.25, -0.2) is 13.8 Å². The maximum absolute atomic E-state index is 15.1. The van der Waals surface area contributed by atoms with Crippen LogP contribution in [0, 0.1) is 17.6 Å². The second-order valence-corrected chi connectivity index (χ2v) is 10.7. The fourth-order valence-electron chi connectivity index (χ4n) is 5.89. The molecule has 4 N–H and O–H groups in total. The fraction of sp³-hybridized carbons (Fsp3) is 0.393. The van der Waals surface area contributed by atoms with E-state index >= 15 is 8.78 Å². The maximum Gasteiger partial charge on any atom is 0.229 e. The summed E-state index contributed by atoms with van der Waals surface area (Å²) in [6, 6.07) is 7.89. The Hall–Kier alpha value is -3.43. The van der Waals surface area contributed by atoms with Gasteiger partial charge in [-0.15, -0.1) is 0 Å². The van der Waals surface area contributed by atoms with Gasteiger partial charge in [0, 0.05) is 12.2 Å². The Balaban J connectivity index is 1.35. The van der Waals surface area contributed by atoms with Crippen molar-refractivity contribution in [1.82, 2.24) is 19.6 Å². The quantitative estimate of drug-likeness (QED) is 0.336. The van der Waals surface area contributed by atoms with Gasteiger partial charge >= 0.3 is 0 Å². The summed E-state index contributed by atoms with van der Waals surface area (Å²) < 4.78 is 31.8. The van der Waals surface area contributed by atoms with E-state index in [1.165, 1.54) is 16.6 Å². The predicted molar refractivity (Wildman–Crippen MR) is 137 cm³/mol. The molecule has 2 saturated carbocycles. The van der Waals surface area contributed by atoms with E-state index in [4.69, 9.17) is 5.73 Å². The molecular formula is C28H30F2N6O. The Morgan fingerprint density at radius 3 is 2.57 bits per heavy atom. The van der Waals surface area contributed by atoms with Crippen molar-refractivity contribution in [2.45, 2.75) is 63.0 Å². The highest BCUT2D eigenvalue weighted by atomic mass is 19.1. The summed E-state index contributed by atoms with van der Waals surface area (Å²) in [5.41, 5.74) is 7.93. The number of nitrogens with two attached hydrogens (primary N) is 1. The molecular weight excluding hydrogens is 474 g/mol. The van der Waals surface area contributed by atoms with Gasteiger partial charge in [-0.3, -0.25) is 4.98 Å². The van der Waals surface area contributed by atoms with Crippen LogP contribution in [0.3, 0.4) is 0 Å². The second kappa shape index (κ2) is 9.15. The van der Waals surface area contributed by atoms with Crippen LogP contribution in [-0.2, 0) is 5.60 Å². The highest BCUT2D eigenvalue weighted by Crippen LogP contribution is 2.43. The molecule has 0 aliphatic heterocycles. The molecule has 6 rings (SSSR count). The topological polar surface area (TPSA) is 101 Å². The van der Waals surface area contributed by atoms with Gasteiger partial charge in [-0.1, -0.05) is 6.92 Å². The highest BCUT2D eigenvalue weighted by molar-refractivity contribution is 5.66. The minimum Gasteiger partial charge on any atom is -0.385 e. The molecule has 3 atom stereocenters. The predicted octanol–water partition coefficient (Wildman–Crippen LogP) is 5.42. The normalized spacial score (nSPS) is 23.1. The van der Waals surface area contributed by atoms with Crippen LogP contribution in [0.25, 0.3) is 16.8 Å². The van der Waals surface area contributed by atoms with E-state index in [1.807, 2.05) is 6.07 Å². The molecule has 2 aliphatic carbocycles. The smallest absolute Gasteiger partial charge is 0.229 e. The van der Waals surface area contributed by atoms with E-state index in [0.717, 1.165) is 36.9 Å². The Labute approximate surface area is 213 Å². The molecule has 1 aromatic carbocycles. The van der Waals surface area contributed by atoms with Crippen molar-refractivity contribution >= 4 is 17.2 Å². The van der Waals surface area contributed by atoms with Gasteiger partial charge in [0.2, 0.25) is 5.95 Å². The van der Waals surface area contributed by atoms with Gasteiger partial charge < -0.3 is 16.2 Å². The third-order valence-electron chi connectivity index (χ3n) is 7.92. The summed E-state index contributed by atoms with van der Waals surface area (Å²) in [5.74, 6) is -0.262. The lowest BCUT2D eigenvalue weighted by atomic mass is 9.75. The van der Waals surface area contributed by atoms with Crippen LogP contribution in [0.15, 0.2) is 48.9 Å². The van der Waals surface area contributed by atoms with E-state index in [1.54, 1.807) is 30.7 Å². The molecule has 0 radical (unpaired) electrons. The van der Waals surface area contributed by atoms with Gasteiger partial charge in [0.15, 0.2) is 0 Å². The van der Waals surface area contributed by atoms with Gasteiger partial charge in [0.1, 0.15) is 11.6 Å². The molecule has 0 saturated heterocycles. The van der Waals surface area contributed by atoms with Crippen LogP contribution < -0.4 is 11.1 Å². The molecule has 192 valence electrons. The first kappa shape index (κ1) is 23.9. The monoisotopic (exact) mass is 504 g/mol. The largest absolute Gasteiger partial charge is 0.385 e. The number of nitrogens with zero attached hydrogens (tertiary/aromatic N) is 4. The van der Waals surface area contributed by atoms with Crippen LogP contribution >= 0.6 is 0 Å². The Morgan fingerprint density at radius 1 is 1.08 bits per heavy atom. The van der Waals surface area contributed by atoms with Gasteiger partial charge in [-0.2, -0.15) is 9.61 Å². The SMILES string of the molecule is CC1CC(N)CC(c2ccncc2Nc2ncc3ccc(-c4c(F)cc(C5(O)CCC5)cc4F)nn23)C1. The molecule has 2 fully saturated rings. The first-order valence-corrected chi connectivity index (χ1v) is 12.8. The lowest BCUT2D eigenvalue weighted by Crippen LogP contribution is -2.33. The summed E-state index contributed by atoms with van der Waals surface area (Å²) in [5, 5.41) is 18.4. The summed E-state index contributed by atoms with van der Waals surface area (Å²) in [6.07, 6.45) is 9.99. The standard InChI is InChI=1S/C28H30F2N6O/c1-16-9-17(11-19(31)10-16)21-5-8-32-15-25(21)34-27-33-14-20-3-4-24(35-36(20)27)26-22(29)12-18(13-23(26)30)28(37)6-2-7-28/h3-5,8,12-17,19,37H,2,6-7,9-11,31H2,1H3,(H,33,34). The Morgan fingerprint density at radius 2 is 1.86 bits per heavy atom. The van der Waals surface area contributed by atoms with Crippen LogP contribution in [0.2, 0.25) is 0 Å². The van der Waals surface area contributed by atoms with E-state index in [2.05, 4.69) is 27.3 Å². The number of fused-ring (bicyclic) bond motifs is 1. The number of hydrogen-bond acceptors (Lipinski definition) is 6. The van der Waals surface area contributed by atoms with Crippen LogP contribution in [0.1, 0.15) is 62.5 Å². The van der Waals surface area contributed by atoms with Gasteiger partial charge in [0.25, 0.3) is 0 Å². The zero-order valence-corrected chi connectivity index (χ0v) is 20.7. The minimum absolute atomic E-state index is 0.134. The number of aromatic nitrogens is 4. The zero-order valence-electron chi connectivity index (χ0n) is 20.7. The lowest BCUT2D eigenvalue weighted by molar-refractivity contribution is -0.0392. The maximum atomic E-state index is 15.1.